The minimum atomic E-state index is 0.134. The highest BCUT2D eigenvalue weighted by molar-refractivity contribution is 5.77. The molecule has 2 aliphatic heterocycles. The molecule has 0 aromatic heterocycles. The predicted octanol–water partition coefficient (Wildman–Crippen LogP) is 0.622. The monoisotopic (exact) mass is 226 g/mol. The summed E-state index contributed by atoms with van der Waals surface area (Å²) < 4.78 is 5.36. The molecule has 2 aliphatic rings. The number of carbonyl (C=O) groups is 1. The maximum atomic E-state index is 11.9. The molecule has 1 N–H and O–H groups in total. The van der Waals surface area contributed by atoms with Crippen LogP contribution in [0.5, 0.6) is 0 Å². The van der Waals surface area contributed by atoms with Crippen molar-refractivity contribution in [2.24, 2.45) is 5.92 Å². The first kappa shape index (κ1) is 11.9. The van der Waals surface area contributed by atoms with E-state index >= 15 is 0 Å². The van der Waals surface area contributed by atoms with Crippen LogP contribution in [0.1, 0.15) is 26.7 Å². The van der Waals surface area contributed by atoms with Crippen molar-refractivity contribution in [3.63, 3.8) is 0 Å². The number of likely N-dealkylation sites (tertiary alicyclic amines) is 1. The van der Waals surface area contributed by atoms with Crippen molar-refractivity contribution < 1.29 is 9.53 Å². The van der Waals surface area contributed by atoms with Crippen LogP contribution in [0.25, 0.3) is 0 Å². The van der Waals surface area contributed by atoms with E-state index < -0.39 is 0 Å². The SMILES string of the molecule is CC(C)OCC(=O)N1CCC2NCCC2C1. The first-order valence-corrected chi connectivity index (χ1v) is 6.29. The van der Waals surface area contributed by atoms with Gasteiger partial charge < -0.3 is 15.0 Å². The Morgan fingerprint density at radius 2 is 2.31 bits per heavy atom. The van der Waals surface area contributed by atoms with E-state index in [0.717, 1.165) is 26.1 Å². The fourth-order valence-corrected chi connectivity index (χ4v) is 2.60. The minimum absolute atomic E-state index is 0.134. The number of hydrogen-bond acceptors (Lipinski definition) is 3. The highest BCUT2D eigenvalue weighted by Crippen LogP contribution is 2.24. The molecular weight excluding hydrogens is 204 g/mol. The lowest BCUT2D eigenvalue weighted by molar-refractivity contribution is -0.139. The first-order valence-electron chi connectivity index (χ1n) is 6.29. The number of nitrogens with one attached hydrogen (secondary N) is 1. The molecule has 2 fully saturated rings. The molecule has 2 saturated heterocycles. The zero-order valence-electron chi connectivity index (χ0n) is 10.2. The highest BCUT2D eigenvalue weighted by atomic mass is 16.5. The first-order chi connectivity index (χ1) is 7.66. The van der Waals surface area contributed by atoms with E-state index in [1.807, 2.05) is 18.7 Å². The van der Waals surface area contributed by atoms with E-state index in [2.05, 4.69) is 5.32 Å². The van der Waals surface area contributed by atoms with Crippen molar-refractivity contribution >= 4 is 5.91 Å². The Kier molecular flexibility index (Phi) is 3.82. The second-order valence-electron chi connectivity index (χ2n) is 5.10. The van der Waals surface area contributed by atoms with Crippen LogP contribution < -0.4 is 5.32 Å². The molecule has 0 bridgehead atoms. The minimum Gasteiger partial charge on any atom is -0.369 e. The van der Waals surface area contributed by atoms with Gasteiger partial charge in [-0.3, -0.25) is 4.79 Å². The summed E-state index contributed by atoms with van der Waals surface area (Å²) >= 11 is 0. The Morgan fingerprint density at radius 3 is 3.06 bits per heavy atom. The van der Waals surface area contributed by atoms with Crippen LogP contribution in [-0.2, 0) is 9.53 Å². The Balaban J connectivity index is 1.79. The summed E-state index contributed by atoms with van der Waals surface area (Å²) in [7, 11) is 0. The molecule has 2 heterocycles. The van der Waals surface area contributed by atoms with Crippen molar-refractivity contribution in [1.82, 2.24) is 10.2 Å². The van der Waals surface area contributed by atoms with E-state index in [1.165, 1.54) is 6.42 Å². The highest BCUT2D eigenvalue weighted by Gasteiger charge is 2.34. The molecule has 0 aromatic rings. The second-order valence-corrected chi connectivity index (χ2v) is 5.10. The van der Waals surface area contributed by atoms with Crippen LogP contribution in [0.4, 0.5) is 0 Å². The smallest absolute Gasteiger partial charge is 0.248 e. The van der Waals surface area contributed by atoms with Crippen LogP contribution in [0, 0.1) is 5.92 Å². The van der Waals surface area contributed by atoms with E-state index in [4.69, 9.17) is 4.74 Å². The van der Waals surface area contributed by atoms with Gasteiger partial charge in [0, 0.05) is 19.1 Å². The van der Waals surface area contributed by atoms with Gasteiger partial charge in [0.1, 0.15) is 6.61 Å². The second kappa shape index (κ2) is 5.15. The molecule has 2 unspecified atom stereocenters. The standard InChI is InChI=1S/C12H22N2O2/c1-9(2)16-8-12(15)14-6-4-11-10(7-14)3-5-13-11/h9-11,13H,3-8H2,1-2H3. The van der Waals surface area contributed by atoms with Crippen LogP contribution in [0.15, 0.2) is 0 Å². The summed E-state index contributed by atoms with van der Waals surface area (Å²) in [6, 6.07) is 0.648. The number of nitrogens with zero attached hydrogens (tertiary/aromatic N) is 1. The molecule has 0 spiro atoms. The molecule has 2 atom stereocenters. The zero-order chi connectivity index (χ0) is 11.5. The Morgan fingerprint density at radius 1 is 1.50 bits per heavy atom. The van der Waals surface area contributed by atoms with Gasteiger partial charge in [-0.1, -0.05) is 0 Å². The fraction of sp³-hybridized carbons (Fsp3) is 0.917. The molecule has 4 nitrogen and oxygen atoms in total. The third-order valence-corrected chi connectivity index (χ3v) is 3.55. The largest absolute Gasteiger partial charge is 0.369 e. The normalized spacial score (nSPS) is 29.6. The van der Waals surface area contributed by atoms with Crippen LogP contribution in [0.3, 0.4) is 0 Å². The van der Waals surface area contributed by atoms with Crippen LogP contribution in [0.2, 0.25) is 0 Å². The summed E-state index contributed by atoms with van der Waals surface area (Å²) in [5.41, 5.74) is 0. The van der Waals surface area contributed by atoms with Gasteiger partial charge in [0.2, 0.25) is 5.91 Å². The van der Waals surface area contributed by atoms with Crippen LogP contribution >= 0.6 is 0 Å². The zero-order valence-corrected chi connectivity index (χ0v) is 10.2. The van der Waals surface area contributed by atoms with Gasteiger partial charge in [0.15, 0.2) is 0 Å². The Bertz CT molecular complexity index is 255. The number of carbonyl (C=O) groups excluding carboxylic acids is 1. The van der Waals surface area contributed by atoms with Crippen LogP contribution in [-0.4, -0.2) is 49.2 Å². The molecule has 16 heavy (non-hydrogen) atoms. The topological polar surface area (TPSA) is 41.6 Å². The number of ether oxygens (including phenoxy) is 1. The summed E-state index contributed by atoms with van der Waals surface area (Å²) in [6.45, 7) is 7.07. The van der Waals surface area contributed by atoms with Gasteiger partial charge in [0.25, 0.3) is 0 Å². The molecule has 1 amide bonds. The Hall–Kier alpha value is -0.610. The summed E-state index contributed by atoms with van der Waals surface area (Å²) in [5.74, 6) is 0.816. The van der Waals surface area contributed by atoms with Gasteiger partial charge in [0.05, 0.1) is 6.10 Å². The number of hydrogen-bond donors (Lipinski definition) is 1. The average Bonchev–Trinajstić information content (AvgIpc) is 2.72. The maximum absolute atomic E-state index is 11.9. The predicted molar refractivity (Wildman–Crippen MR) is 62.2 cm³/mol. The van der Waals surface area contributed by atoms with E-state index in [1.54, 1.807) is 0 Å². The maximum Gasteiger partial charge on any atom is 0.248 e. The number of fused-ring (bicyclic) bond motifs is 1. The molecule has 0 aromatic carbocycles. The molecule has 92 valence electrons. The van der Waals surface area contributed by atoms with Gasteiger partial charge >= 0.3 is 0 Å². The van der Waals surface area contributed by atoms with E-state index in [0.29, 0.717) is 12.0 Å². The summed E-state index contributed by atoms with van der Waals surface area (Å²) in [4.78, 5) is 13.8. The lowest BCUT2D eigenvalue weighted by Gasteiger charge is -2.34. The molecule has 2 rings (SSSR count). The summed E-state index contributed by atoms with van der Waals surface area (Å²) in [6.07, 6.45) is 2.44. The van der Waals surface area contributed by atoms with Crippen molar-refractivity contribution in [1.29, 1.82) is 0 Å². The third-order valence-electron chi connectivity index (χ3n) is 3.55. The van der Waals surface area contributed by atoms with Crippen molar-refractivity contribution in [3.05, 3.63) is 0 Å². The van der Waals surface area contributed by atoms with E-state index in [9.17, 15) is 4.79 Å². The molecular formula is C12H22N2O2. The molecule has 0 aliphatic carbocycles. The quantitative estimate of drug-likeness (QED) is 0.767. The lowest BCUT2D eigenvalue weighted by atomic mass is 9.93. The number of rotatable bonds is 3. The van der Waals surface area contributed by atoms with Crippen molar-refractivity contribution in [2.45, 2.75) is 38.8 Å². The third kappa shape index (κ3) is 2.74. The summed E-state index contributed by atoms with van der Waals surface area (Å²) in [5, 5.41) is 3.50. The van der Waals surface area contributed by atoms with Gasteiger partial charge in [-0.2, -0.15) is 0 Å². The van der Waals surface area contributed by atoms with Gasteiger partial charge in [-0.25, -0.2) is 0 Å². The molecule has 4 heteroatoms. The number of amides is 1. The average molecular weight is 226 g/mol. The fourth-order valence-electron chi connectivity index (χ4n) is 2.60. The Labute approximate surface area is 97.3 Å². The van der Waals surface area contributed by atoms with Gasteiger partial charge in [-0.15, -0.1) is 0 Å². The molecule has 0 radical (unpaired) electrons. The number of piperidine rings is 1. The van der Waals surface area contributed by atoms with E-state index in [-0.39, 0.29) is 18.6 Å². The van der Waals surface area contributed by atoms with Crippen molar-refractivity contribution in [2.75, 3.05) is 26.2 Å². The lowest BCUT2D eigenvalue weighted by Crippen LogP contribution is -2.48. The van der Waals surface area contributed by atoms with Crippen molar-refractivity contribution in [3.8, 4) is 0 Å². The van der Waals surface area contributed by atoms with Gasteiger partial charge in [-0.05, 0) is 39.2 Å². The molecule has 0 saturated carbocycles.